The molecule has 1 aromatic heterocycles. The van der Waals surface area contributed by atoms with Gasteiger partial charge in [-0.2, -0.15) is 0 Å². The summed E-state index contributed by atoms with van der Waals surface area (Å²) in [6.45, 7) is 5.79. The summed E-state index contributed by atoms with van der Waals surface area (Å²) in [5, 5.41) is 14.5. The largest absolute Gasteiger partial charge is 0.334 e. The second kappa shape index (κ2) is 10.1. The molecule has 0 radical (unpaired) electrons. The molecule has 154 valence electrons. The minimum absolute atomic E-state index is 0.00112. The van der Waals surface area contributed by atoms with Crippen molar-refractivity contribution in [1.29, 1.82) is 0 Å². The Morgan fingerprint density at radius 2 is 1.83 bits per heavy atom. The van der Waals surface area contributed by atoms with Gasteiger partial charge >= 0.3 is 6.03 Å². The van der Waals surface area contributed by atoms with Crippen LogP contribution in [0.1, 0.15) is 5.56 Å². The first-order chi connectivity index (χ1) is 14.5. The summed E-state index contributed by atoms with van der Waals surface area (Å²) >= 11 is 7.21. The molecule has 7 nitrogen and oxygen atoms in total. The fraction of sp³-hybridized carbons (Fsp3) is 0.143. The number of rotatable bonds is 7. The fourth-order valence-corrected chi connectivity index (χ4v) is 3.46. The average molecular weight is 442 g/mol. The molecule has 1 heterocycles. The Hall–Kier alpha value is -3.10. The first-order valence-electron chi connectivity index (χ1n) is 9.07. The third kappa shape index (κ3) is 5.49. The van der Waals surface area contributed by atoms with Crippen molar-refractivity contribution in [2.24, 2.45) is 0 Å². The number of halogens is 1. The number of amides is 3. The molecular weight excluding hydrogens is 422 g/mol. The minimum atomic E-state index is -0.569. The van der Waals surface area contributed by atoms with Crippen molar-refractivity contribution in [2.75, 3.05) is 12.3 Å². The van der Waals surface area contributed by atoms with E-state index in [9.17, 15) is 9.59 Å². The van der Waals surface area contributed by atoms with Gasteiger partial charge in [0.15, 0.2) is 11.0 Å². The van der Waals surface area contributed by atoms with Crippen molar-refractivity contribution in [2.45, 2.75) is 12.1 Å². The molecule has 2 aromatic carbocycles. The van der Waals surface area contributed by atoms with Crippen LogP contribution in [0.3, 0.4) is 0 Å². The Labute approximate surface area is 183 Å². The molecule has 0 aliphatic carbocycles. The van der Waals surface area contributed by atoms with Crippen molar-refractivity contribution in [3.8, 4) is 17.1 Å². The van der Waals surface area contributed by atoms with Crippen LogP contribution in [-0.2, 0) is 4.79 Å². The van der Waals surface area contributed by atoms with E-state index in [0.29, 0.717) is 16.0 Å². The zero-order chi connectivity index (χ0) is 21.5. The van der Waals surface area contributed by atoms with Crippen molar-refractivity contribution in [3.05, 3.63) is 71.8 Å². The number of hydrogen-bond acceptors (Lipinski definition) is 5. The summed E-state index contributed by atoms with van der Waals surface area (Å²) < 4.78 is 1.86. The number of imide groups is 1. The Morgan fingerprint density at radius 3 is 2.50 bits per heavy atom. The van der Waals surface area contributed by atoms with Crippen molar-refractivity contribution in [3.63, 3.8) is 0 Å². The van der Waals surface area contributed by atoms with E-state index in [1.165, 1.54) is 17.8 Å². The van der Waals surface area contributed by atoms with Crippen LogP contribution in [0.25, 0.3) is 17.1 Å². The number of benzene rings is 2. The second-order valence-electron chi connectivity index (χ2n) is 6.32. The average Bonchev–Trinajstić information content (AvgIpc) is 3.16. The van der Waals surface area contributed by atoms with Gasteiger partial charge in [0.05, 0.1) is 5.75 Å². The normalized spacial score (nSPS) is 10.5. The summed E-state index contributed by atoms with van der Waals surface area (Å²) in [5.74, 6) is 0.203. The highest BCUT2D eigenvalue weighted by Crippen LogP contribution is 2.28. The molecule has 0 aliphatic rings. The summed E-state index contributed by atoms with van der Waals surface area (Å²) in [4.78, 5) is 23.7. The summed E-state index contributed by atoms with van der Waals surface area (Å²) in [7, 11) is 0. The van der Waals surface area contributed by atoms with Gasteiger partial charge in [-0.1, -0.05) is 59.3 Å². The lowest BCUT2D eigenvalue weighted by Crippen LogP contribution is -2.40. The van der Waals surface area contributed by atoms with Gasteiger partial charge in [-0.15, -0.1) is 16.8 Å². The van der Waals surface area contributed by atoms with E-state index in [1.54, 1.807) is 12.1 Å². The Balaban J connectivity index is 1.84. The highest BCUT2D eigenvalue weighted by Gasteiger charge is 2.18. The standard InChI is InChI=1S/C21H20ClN5O2S/c1-3-12-23-20(29)24-18(28)13-30-21-26-25-19(15-6-4-14(2)5-7-15)27(21)17-10-8-16(22)9-11-17/h3-11H,1,12-13H2,2H3,(H2,23,24,28,29). The molecule has 0 bridgehead atoms. The third-order valence-electron chi connectivity index (χ3n) is 4.02. The minimum Gasteiger partial charge on any atom is -0.334 e. The maximum atomic E-state index is 12.1. The number of nitrogens with one attached hydrogen (secondary N) is 2. The van der Waals surface area contributed by atoms with Crippen molar-refractivity contribution >= 4 is 35.3 Å². The van der Waals surface area contributed by atoms with Crippen LogP contribution in [0.5, 0.6) is 0 Å². The molecule has 3 rings (SSSR count). The highest BCUT2D eigenvalue weighted by atomic mass is 35.5. The van der Waals surface area contributed by atoms with E-state index in [2.05, 4.69) is 27.4 Å². The van der Waals surface area contributed by atoms with Gasteiger partial charge in [-0.3, -0.25) is 14.7 Å². The zero-order valence-electron chi connectivity index (χ0n) is 16.3. The van der Waals surface area contributed by atoms with E-state index in [-0.39, 0.29) is 12.3 Å². The molecule has 3 aromatic rings. The van der Waals surface area contributed by atoms with Crippen LogP contribution < -0.4 is 10.6 Å². The molecule has 30 heavy (non-hydrogen) atoms. The van der Waals surface area contributed by atoms with E-state index in [0.717, 1.165) is 16.8 Å². The number of aromatic nitrogens is 3. The number of urea groups is 1. The maximum absolute atomic E-state index is 12.1. The van der Waals surface area contributed by atoms with Gasteiger partial charge in [0.2, 0.25) is 5.91 Å². The second-order valence-corrected chi connectivity index (χ2v) is 7.70. The first-order valence-corrected chi connectivity index (χ1v) is 10.4. The smallest absolute Gasteiger partial charge is 0.321 e. The molecule has 0 unspecified atom stereocenters. The van der Waals surface area contributed by atoms with Crippen molar-refractivity contribution < 1.29 is 9.59 Å². The molecule has 0 aliphatic heterocycles. The Kier molecular flexibility index (Phi) is 7.26. The SMILES string of the molecule is C=CCNC(=O)NC(=O)CSc1nnc(-c2ccc(C)cc2)n1-c1ccc(Cl)cc1. The first kappa shape index (κ1) is 21.6. The molecule has 0 saturated heterocycles. The van der Waals surface area contributed by atoms with Crippen LogP contribution in [0.2, 0.25) is 5.02 Å². The van der Waals surface area contributed by atoms with E-state index < -0.39 is 11.9 Å². The lowest BCUT2D eigenvalue weighted by Gasteiger charge is -2.11. The van der Waals surface area contributed by atoms with Gasteiger partial charge in [0.25, 0.3) is 0 Å². The summed E-state index contributed by atoms with van der Waals surface area (Å²) in [6.07, 6.45) is 1.53. The van der Waals surface area contributed by atoms with Gasteiger partial charge in [0.1, 0.15) is 0 Å². The monoisotopic (exact) mass is 441 g/mol. The molecule has 0 fully saturated rings. The molecule has 0 spiro atoms. The molecule has 3 amide bonds. The quantitative estimate of drug-likeness (QED) is 0.427. The molecule has 0 saturated carbocycles. The Morgan fingerprint density at radius 1 is 1.13 bits per heavy atom. The predicted octanol–water partition coefficient (Wildman–Crippen LogP) is 4.00. The van der Waals surface area contributed by atoms with Gasteiger partial charge in [-0.05, 0) is 31.2 Å². The number of carbonyl (C=O) groups is 2. The Bertz CT molecular complexity index is 1050. The maximum Gasteiger partial charge on any atom is 0.321 e. The number of aryl methyl sites for hydroxylation is 1. The van der Waals surface area contributed by atoms with E-state index >= 15 is 0 Å². The molecular formula is C21H20ClN5O2S. The van der Waals surface area contributed by atoms with Crippen LogP contribution in [0.15, 0.2) is 66.3 Å². The van der Waals surface area contributed by atoms with Crippen LogP contribution in [0.4, 0.5) is 4.79 Å². The summed E-state index contributed by atoms with van der Waals surface area (Å²) in [5.41, 5.74) is 2.84. The fourth-order valence-electron chi connectivity index (χ4n) is 2.58. The van der Waals surface area contributed by atoms with Crippen LogP contribution >= 0.6 is 23.4 Å². The number of nitrogens with zero attached hydrogens (tertiary/aromatic N) is 3. The van der Waals surface area contributed by atoms with Gasteiger partial charge < -0.3 is 5.32 Å². The summed E-state index contributed by atoms with van der Waals surface area (Å²) in [6, 6.07) is 14.6. The molecule has 0 atom stereocenters. The van der Waals surface area contributed by atoms with E-state index in [4.69, 9.17) is 11.6 Å². The number of carbonyl (C=O) groups excluding carboxylic acids is 2. The molecule has 2 N–H and O–H groups in total. The van der Waals surface area contributed by atoms with Gasteiger partial charge in [0, 0.05) is 22.8 Å². The lowest BCUT2D eigenvalue weighted by molar-refractivity contribution is -0.117. The van der Waals surface area contributed by atoms with Crippen LogP contribution in [-0.4, -0.2) is 39.0 Å². The van der Waals surface area contributed by atoms with Crippen LogP contribution in [0, 0.1) is 6.92 Å². The van der Waals surface area contributed by atoms with Crippen molar-refractivity contribution in [1.82, 2.24) is 25.4 Å². The predicted molar refractivity (Wildman–Crippen MR) is 119 cm³/mol. The molecule has 9 heteroatoms. The zero-order valence-corrected chi connectivity index (χ0v) is 17.8. The number of hydrogen-bond donors (Lipinski definition) is 2. The topological polar surface area (TPSA) is 88.9 Å². The van der Waals surface area contributed by atoms with Gasteiger partial charge in [-0.25, -0.2) is 4.79 Å². The lowest BCUT2D eigenvalue weighted by atomic mass is 10.1. The van der Waals surface area contributed by atoms with E-state index in [1.807, 2.05) is 47.9 Å². The third-order valence-corrected chi connectivity index (χ3v) is 5.20. The number of thioether (sulfide) groups is 1. The highest BCUT2D eigenvalue weighted by molar-refractivity contribution is 7.99.